The van der Waals surface area contributed by atoms with E-state index in [0.29, 0.717) is 6.42 Å². The van der Waals surface area contributed by atoms with Gasteiger partial charge in [0.05, 0.1) is 0 Å². The SMILES string of the molecule is CCCn1ncnc1CC(NC)c1cc(C)cc(F)c1. The van der Waals surface area contributed by atoms with E-state index in [-0.39, 0.29) is 11.9 Å². The molecule has 4 nitrogen and oxygen atoms in total. The number of hydrogen-bond acceptors (Lipinski definition) is 3. The number of aromatic nitrogens is 3. The standard InChI is InChI=1S/C15H21FN4/c1-4-5-20-15(18-10-19-20)9-14(17-3)12-6-11(2)7-13(16)8-12/h6-8,10,14,17H,4-5,9H2,1-3H3. The molecule has 0 aliphatic heterocycles. The summed E-state index contributed by atoms with van der Waals surface area (Å²) in [5.74, 6) is 0.725. The number of aryl methyl sites for hydroxylation is 2. The van der Waals surface area contributed by atoms with Gasteiger partial charge in [-0.2, -0.15) is 5.10 Å². The Morgan fingerprint density at radius 2 is 2.15 bits per heavy atom. The molecule has 0 spiro atoms. The molecule has 0 aliphatic rings. The number of likely N-dealkylation sites (N-methyl/N-ethyl adjacent to an activating group) is 1. The fourth-order valence-corrected chi connectivity index (χ4v) is 2.38. The summed E-state index contributed by atoms with van der Waals surface area (Å²) in [4.78, 5) is 4.31. The minimum atomic E-state index is -0.199. The Bertz CT molecular complexity index is 545. The van der Waals surface area contributed by atoms with Crippen molar-refractivity contribution in [2.75, 3.05) is 7.05 Å². The topological polar surface area (TPSA) is 42.7 Å². The maximum Gasteiger partial charge on any atom is 0.138 e. The maximum atomic E-state index is 13.5. The molecule has 0 aliphatic carbocycles. The van der Waals surface area contributed by atoms with Gasteiger partial charge >= 0.3 is 0 Å². The van der Waals surface area contributed by atoms with Crippen LogP contribution in [0.4, 0.5) is 4.39 Å². The Morgan fingerprint density at radius 3 is 2.80 bits per heavy atom. The summed E-state index contributed by atoms with van der Waals surface area (Å²) in [6.07, 6.45) is 3.29. The minimum Gasteiger partial charge on any atom is -0.313 e. The normalized spacial score (nSPS) is 12.6. The molecule has 1 aromatic carbocycles. The maximum absolute atomic E-state index is 13.5. The van der Waals surface area contributed by atoms with Crippen LogP contribution in [0.3, 0.4) is 0 Å². The summed E-state index contributed by atoms with van der Waals surface area (Å²) in [5.41, 5.74) is 1.87. The van der Waals surface area contributed by atoms with Crippen molar-refractivity contribution >= 4 is 0 Å². The van der Waals surface area contributed by atoms with Crippen LogP contribution in [0.1, 0.15) is 36.3 Å². The van der Waals surface area contributed by atoms with Crippen molar-refractivity contribution in [1.82, 2.24) is 20.1 Å². The lowest BCUT2D eigenvalue weighted by Crippen LogP contribution is -2.21. The second kappa shape index (κ2) is 6.61. The fraction of sp³-hybridized carbons (Fsp3) is 0.467. The van der Waals surface area contributed by atoms with Crippen LogP contribution in [0.15, 0.2) is 24.5 Å². The van der Waals surface area contributed by atoms with Crippen molar-refractivity contribution in [2.45, 2.75) is 39.3 Å². The number of nitrogens with zero attached hydrogens (tertiary/aromatic N) is 3. The van der Waals surface area contributed by atoms with Gasteiger partial charge in [0.15, 0.2) is 0 Å². The second-order valence-corrected chi connectivity index (χ2v) is 5.01. The molecular formula is C15H21FN4. The summed E-state index contributed by atoms with van der Waals surface area (Å²) < 4.78 is 15.5. The highest BCUT2D eigenvalue weighted by Gasteiger charge is 2.15. The number of rotatable bonds is 6. The van der Waals surface area contributed by atoms with Gasteiger partial charge < -0.3 is 5.32 Å². The molecule has 0 radical (unpaired) electrons. The zero-order valence-corrected chi connectivity index (χ0v) is 12.2. The van der Waals surface area contributed by atoms with Crippen LogP contribution in [-0.2, 0) is 13.0 Å². The predicted molar refractivity (Wildman–Crippen MR) is 77.0 cm³/mol. The number of hydrogen-bond donors (Lipinski definition) is 1. The van der Waals surface area contributed by atoms with Gasteiger partial charge in [0.1, 0.15) is 18.0 Å². The molecule has 1 aromatic heterocycles. The number of benzene rings is 1. The molecule has 2 rings (SSSR count). The molecule has 1 N–H and O–H groups in total. The smallest absolute Gasteiger partial charge is 0.138 e. The van der Waals surface area contributed by atoms with Crippen molar-refractivity contribution < 1.29 is 4.39 Å². The van der Waals surface area contributed by atoms with E-state index in [4.69, 9.17) is 0 Å². The Kier molecular flexibility index (Phi) is 4.84. The molecule has 20 heavy (non-hydrogen) atoms. The van der Waals surface area contributed by atoms with Crippen LogP contribution < -0.4 is 5.32 Å². The average molecular weight is 276 g/mol. The monoisotopic (exact) mass is 276 g/mol. The molecular weight excluding hydrogens is 255 g/mol. The van der Waals surface area contributed by atoms with E-state index in [0.717, 1.165) is 29.9 Å². The van der Waals surface area contributed by atoms with Crippen LogP contribution in [0.5, 0.6) is 0 Å². The summed E-state index contributed by atoms with van der Waals surface area (Å²) in [6.45, 7) is 4.86. The zero-order chi connectivity index (χ0) is 14.5. The Hall–Kier alpha value is -1.75. The van der Waals surface area contributed by atoms with Crippen LogP contribution in [0, 0.1) is 12.7 Å². The third kappa shape index (κ3) is 3.42. The molecule has 5 heteroatoms. The lowest BCUT2D eigenvalue weighted by atomic mass is 10.0. The van der Waals surface area contributed by atoms with Gasteiger partial charge in [0, 0.05) is 19.0 Å². The highest BCUT2D eigenvalue weighted by molar-refractivity contribution is 5.27. The highest BCUT2D eigenvalue weighted by atomic mass is 19.1. The quantitative estimate of drug-likeness (QED) is 0.882. The fourth-order valence-electron chi connectivity index (χ4n) is 2.38. The van der Waals surface area contributed by atoms with Gasteiger partial charge in [0.25, 0.3) is 0 Å². The molecule has 1 atom stereocenters. The summed E-state index contributed by atoms with van der Waals surface area (Å²) >= 11 is 0. The number of halogens is 1. The first-order valence-electron chi connectivity index (χ1n) is 6.95. The molecule has 0 fully saturated rings. The first-order chi connectivity index (χ1) is 9.63. The van der Waals surface area contributed by atoms with Gasteiger partial charge in [-0.15, -0.1) is 0 Å². The molecule has 0 bridgehead atoms. The van der Waals surface area contributed by atoms with E-state index in [9.17, 15) is 4.39 Å². The lowest BCUT2D eigenvalue weighted by molar-refractivity contribution is 0.514. The third-order valence-electron chi connectivity index (χ3n) is 3.33. The molecule has 0 saturated heterocycles. The van der Waals surface area contributed by atoms with E-state index >= 15 is 0 Å². The van der Waals surface area contributed by atoms with Crippen LogP contribution in [0.25, 0.3) is 0 Å². The van der Waals surface area contributed by atoms with Crippen molar-refractivity contribution in [3.05, 3.63) is 47.3 Å². The van der Waals surface area contributed by atoms with Crippen LogP contribution in [-0.4, -0.2) is 21.8 Å². The summed E-state index contributed by atoms with van der Waals surface area (Å²) in [6, 6.07) is 5.15. The first-order valence-corrected chi connectivity index (χ1v) is 6.95. The molecule has 1 heterocycles. The summed E-state index contributed by atoms with van der Waals surface area (Å²) in [5, 5.41) is 7.46. The van der Waals surface area contributed by atoms with Gasteiger partial charge in [-0.05, 0) is 43.7 Å². The van der Waals surface area contributed by atoms with E-state index in [2.05, 4.69) is 22.3 Å². The Balaban J connectivity index is 2.22. The minimum absolute atomic E-state index is 0.0317. The molecule has 1 unspecified atom stereocenters. The highest BCUT2D eigenvalue weighted by Crippen LogP contribution is 2.20. The van der Waals surface area contributed by atoms with Crippen LogP contribution >= 0.6 is 0 Å². The summed E-state index contributed by atoms with van der Waals surface area (Å²) in [7, 11) is 1.88. The molecule has 2 aromatic rings. The molecule has 108 valence electrons. The van der Waals surface area contributed by atoms with Gasteiger partial charge in [-0.3, -0.25) is 4.68 Å². The lowest BCUT2D eigenvalue weighted by Gasteiger charge is -2.17. The van der Waals surface area contributed by atoms with E-state index < -0.39 is 0 Å². The first kappa shape index (κ1) is 14.7. The van der Waals surface area contributed by atoms with E-state index in [1.54, 1.807) is 12.4 Å². The number of nitrogens with one attached hydrogen (secondary N) is 1. The van der Waals surface area contributed by atoms with Crippen LogP contribution in [0.2, 0.25) is 0 Å². The molecule has 0 saturated carbocycles. The average Bonchev–Trinajstić information content (AvgIpc) is 2.82. The Morgan fingerprint density at radius 1 is 1.35 bits per heavy atom. The third-order valence-corrected chi connectivity index (χ3v) is 3.33. The van der Waals surface area contributed by atoms with Gasteiger partial charge in [-0.25, -0.2) is 9.37 Å². The van der Waals surface area contributed by atoms with Gasteiger partial charge in [0.2, 0.25) is 0 Å². The largest absolute Gasteiger partial charge is 0.313 e. The van der Waals surface area contributed by atoms with E-state index in [1.807, 2.05) is 24.7 Å². The predicted octanol–water partition coefficient (Wildman–Crippen LogP) is 2.64. The molecule has 0 amide bonds. The Labute approximate surface area is 119 Å². The van der Waals surface area contributed by atoms with Gasteiger partial charge in [-0.1, -0.05) is 13.0 Å². The van der Waals surface area contributed by atoms with E-state index in [1.165, 1.54) is 6.07 Å². The van der Waals surface area contributed by atoms with Crippen molar-refractivity contribution in [2.24, 2.45) is 0 Å². The van der Waals surface area contributed by atoms with Crippen molar-refractivity contribution in [1.29, 1.82) is 0 Å². The van der Waals surface area contributed by atoms with Crippen molar-refractivity contribution in [3.8, 4) is 0 Å². The van der Waals surface area contributed by atoms with Crippen molar-refractivity contribution in [3.63, 3.8) is 0 Å². The second-order valence-electron chi connectivity index (χ2n) is 5.01. The zero-order valence-electron chi connectivity index (χ0n) is 12.2.